The van der Waals surface area contributed by atoms with Gasteiger partial charge in [-0.3, -0.25) is 20.1 Å². The van der Waals surface area contributed by atoms with Gasteiger partial charge in [0.05, 0.1) is 6.07 Å². The predicted octanol–water partition coefficient (Wildman–Crippen LogP) is 0.567. The van der Waals surface area contributed by atoms with Gasteiger partial charge in [-0.1, -0.05) is 6.07 Å². The summed E-state index contributed by atoms with van der Waals surface area (Å²) in [5.41, 5.74) is 3.21. The minimum Gasteiger partial charge on any atom is -0.298 e. The van der Waals surface area contributed by atoms with E-state index in [1.807, 2.05) is 18.3 Å². The zero-order valence-corrected chi connectivity index (χ0v) is 10.9. The summed E-state index contributed by atoms with van der Waals surface area (Å²) < 4.78 is 0. The second-order valence-corrected chi connectivity index (χ2v) is 4.22. The van der Waals surface area contributed by atoms with Crippen LogP contribution in [0.1, 0.15) is 24.8 Å². The average Bonchev–Trinajstić information content (AvgIpc) is 2.45. The van der Waals surface area contributed by atoms with Gasteiger partial charge in [0.25, 0.3) is 0 Å². The minimum absolute atomic E-state index is 0.165. The first-order chi connectivity index (χ1) is 9.26. The molecule has 1 aromatic heterocycles. The molecular weight excluding hydrogens is 242 g/mol. The SMILES string of the molecule is N#CCCN(CCCC(=O)NN)Cc1cccnc1. The third-order valence-corrected chi connectivity index (χ3v) is 2.71. The highest BCUT2D eigenvalue weighted by Crippen LogP contribution is 2.05. The van der Waals surface area contributed by atoms with E-state index in [-0.39, 0.29) is 5.91 Å². The molecule has 0 saturated heterocycles. The molecule has 102 valence electrons. The first kappa shape index (κ1) is 15.1. The fourth-order valence-corrected chi connectivity index (χ4v) is 1.76. The highest BCUT2D eigenvalue weighted by Gasteiger charge is 2.07. The third kappa shape index (κ3) is 6.50. The van der Waals surface area contributed by atoms with E-state index in [0.29, 0.717) is 25.8 Å². The minimum atomic E-state index is -0.165. The van der Waals surface area contributed by atoms with Crippen molar-refractivity contribution in [2.75, 3.05) is 13.1 Å². The third-order valence-electron chi connectivity index (χ3n) is 2.71. The molecule has 3 N–H and O–H groups in total. The fourth-order valence-electron chi connectivity index (χ4n) is 1.76. The van der Waals surface area contributed by atoms with E-state index in [9.17, 15) is 4.79 Å². The van der Waals surface area contributed by atoms with Gasteiger partial charge in [0.1, 0.15) is 0 Å². The smallest absolute Gasteiger partial charge is 0.233 e. The van der Waals surface area contributed by atoms with Gasteiger partial charge in [0.2, 0.25) is 5.91 Å². The Kier molecular flexibility index (Phi) is 7.17. The molecule has 0 saturated carbocycles. The van der Waals surface area contributed by atoms with Crippen molar-refractivity contribution >= 4 is 5.91 Å². The molecule has 1 aromatic rings. The maximum absolute atomic E-state index is 11.0. The highest BCUT2D eigenvalue weighted by molar-refractivity contribution is 5.75. The number of hydrogen-bond acceptors (Lipinski definition) is 5. The molecule has 0 spiro atoms. The van der Waals surface area contributed by atoms with E-state index in [1.54, 1.807) is 6.20 Å². The normalized spacial score (nSPS) is 10.2. The second-order valence-electron chi connectivity index (χ2n) is 4.22. The van der Waals surface area contributed by atoms with Gasteiger partial charge in [-0.25, -0.2) is 5.84 Å². The van der Waals surface area contributed by atoms with Gasteiger partial charge in [-0.15, -0.1) is 0 Å². The van der Waals surface area contributed by atoms with Crippen LogP contribution >= 0.6 is 0 Å². The number of rotatable bonds is 8. The number of hydrogen-bond donors (Lipinski definition) is 2. The molecule has 0 aromatic carbocycles. The van der Waals surface area contributed by atoms with Crippen molar-refractivity contribution in [1.82, 2.24) is 15.3 Å². The zero-order chi connectivity index (χ0) is 13.9. The van der Waals surface area contributed by atoms with E-state index in [1.165, 1.54) is 0 Å². The molecule has 0 fully saturated rings. The van der Waals surface area contributed by atoms with Crippen LogP contribution in [-0.4, -0.2) is 28.9 Å². The van der Waals surface area contributed by atoms with Gasteiger partial charge >= 0.3 is 0 Å². The molecule has 0 aliphatic rings. The average molecular weight is 261 g/mol. The topological polar surface area (TPSA) is 95.0 Å². The molecule has 6 heteroatoms. The van der Waals surface area contributed by atoms with E-state index in [2.05, 4.69) is 21.4 Å². The molecule has 1 amide bonds. The largest absolute Gasteiger partial charge is 0.298 e. The van der Waals surface area contributed by atoms with Crippen molar-refractivity contribution in [1.29, 1.82) is 5.26 Å². The van der Waals surface area contributed by atoms with Crippen molar-refractivity contribution < 1.29 is 4.79 Å². The molecule has 0 aliphatic carbocycles. The number of amides is 1. The molecule has 0 aliphatic heterocycles. The molecule has 0 unspecified atom stereocenters. The molecule has 0 atom stereocenters. The van der Waals surface area contributed by atoms with Crippen LogP contribution in [0, 0.1) is 11.3 Å². The first-order valence-electron chi connectivity index (χ1n) is 6.24. The second kappa shape index (κ2) is 9.03. The summed E-state index contributed by atoms with van der Waals surface area (Å²) in [6.45, 7) is 2.18. The van der Waals surface area contributed by atoms with Crippen LogP contribution in [0.15, 0.2) is 24.5 Å². The number of pyridine rings is 1. The lowest BCUT2D eigenvalue weighted by Gasteiger charge is -2.20. The van der Waals surface area contributed by atoms with Crippen LogP contribution in [0.25, 0.3) is 0 Å². The molecule has 19 heavy (non-hydrogen) atoms. The molecule has 1 heterocycles. The quantitative estimate of drug-likeness (QED) is 0.405. The van der Waals surface area contributed by atoms with Crippen LogP contribution in [0.3, 0.4) is 0 Å². The Morgan fingerprint density at radius 1 is 1.53 bits per heavy atom. The number of nitrogens with one attached hydrogen (secondary N) is 1. The van der Waals surface area contributed by atoms with E-state index in [4.69, 9.17) is 11.1 Å². The zero-order valence-electron chi connectivity index (χ0n) is 10.9. The number of carbonyl (C=O) groups is 1. The summed E-state index contributed by atoms with van der Waals surface area (Å²) in [4.78, 5) is 17.3. The summed E-state index contributed by atoms with van der Waals surface area (Å²) in [6.07, 6.45) is 5.13. The van der Waals surface area contributed by atoms with Crippen molar-refractivity contribution in [2.45, 2.75) is 25.8 Å². The Hall–Kier alpha value is -1.97. The van der Waals surface area contributed by atoms with Gasteiger partial charge in [0.15, 0.2) is 0 Å². The Bertz CT molecular complexity index is 415. The molecule has 6 nitrogen and oxygen atoms in total. The van der Waals surface area contributed by atoms with Crippen molar-refractivity contribution in [3.8, 4) is 6.07 Å². The van der Waals surface area contributed by atoms with Crippen molar-refractivity contribution in [3.63, 3.8) is 0 Å². The van der Waals surface area contributed by atoms with E-state index >= 15 is 0 Å². The van der Waals surface area contributed by atoms with Gasteiger partial charge < -0.3 is 0 Å². The number of nitrogens with zero attached hydrogens (tertiary/aromatic N) is 3. The lowest BCUT2D eigenvalue weighted by Crippen LogP contribution is -2.31. The Morgan fingerprint density at radius 3 is 3.00 bits per heavy atom. The standard InChI is InChI=1S/C13H19N5O/c14-6-3-9-18(8-2-5-13(19)17-15)11-12-4-1-7-16-10-12/h1,4,7,10H,2-3,5,8-9,11,15H2,(H,17,19). The molecule has 0 bridgehead atoms. The summed E-state index contributed by atoms with van der Waals surface area (Å²) in [7, 11) is 0. The van der Waals surface area contributed by atoms with Crippen LogP contribution in [0.2, 0.25) is 0 Å². The summed E-state index contributed by atoms with van der Waals surface area (Å²) in [6, 6.07) is 6.03. The van der Waals surface area contributed by atoms with Crippen LogP contribution < -0.4 is 11.3 Å². The maximum atomic E-state index is 11.0. The Morgan fingerprint density at radius 2 is 2.37 bits per heavy atom. The van der Waals surface area contributed by atoms with Crippen molar-refractivity contribution in [3.05, 3.63) is 30.1 Å². The van der Waals surface area contributed by atoms with Gasteiger partial charge in [0, 0.05) is 38.3 Å². The Labute approximate surface area is 113 Å². The first-order valence-corrected chi connectivity index (χ1v) is 6.24. The van der Waals surface area contributed by atoms with Gasteiger partial charge in [-0.05, 0) is 24.6 Å². The Balaban J connectivity index is 2.43. The summed E-state index contributed by atoms with van der Waals surface area (Å²) >= 11 is 0. The number of carbonyl (C=O) groups excluding carboxylic acids is 1. The summed E-state index contributed by atoms with van der Waals surface area (Å²) in [5.74, 6) is 4.86. The number of hydrazine groups is 1. The lowest BCUT2D eigenvalue weighted by atomic mass is 10.2. The predicted molar refractivity (Wildman–Crippen MR) is 71.3 cm³/mol. The monoisotopic (exact) mass is 261 g/mol. The van der Waals surface area contributed by atoms with Crippen LogP contribution in [0.4, 0.5) is 0 Å². The van der Waals surface area contributed by atoms with Crippen molar-refractivity contribution in [2.24, 2.45) is 5.84 Å². The molecular formula is C13H19N5O. The van der Waals surface area contributed by atoms with Crippen LogP contribution in [-0.2, 0) is 11.3 Å². The van der Waals surface area contributed by atoms with Gasteiger partial charge in [-0.2, -0.15) is 5.26 Å². The fraction of sp³-hybridized carbons (Fsp3) is 0.462. The number of nitriles is 1. The van der Waals surface area contributed by atoms with Crippen LogP contribution in [0.5, 0.6) is 0 Å². The molecule has 0 radical (unpaired) electrons. The summed E-state index contributed by atoms with van der Waals surface area (Å²) in [5, 5.41) is 8.66. The maximum Gasteiger partial charge on any atom is 0.233 e. The molecule has 1 rings (SSSR count). The van der Waals surface area contributed by atoms with E-state index in [0.717, 1.165) is 18.7 Å². The number of aromatic nitrogens is 1. The lowest BCUT2D eigenvalue weighted by molar-refractivity contribution is -0.121. The highest BCUT2D eigenvalue weighted by atomic mass is 16.2. The van der Waals surface area contributed by atoms with E-state index < -0.39 is 0 Å². The number of nitrogens with two attached hydrogens (primary N) is 1.